The predicted molar refractivity (Wildman–Crippen MR) is 50.5 cm³/mol. The molecule has 3 heteroatoms. The van der Waals surface area contributed by atoms with E-state index in [9.17, 15) is 9.59 Å². The van der Waals surface area contributed by atoms with E-state index in [4.69, 9.17) is 5.11 Å². The third-order valence-corrected chi connectivity index (χ3v) is 1.59. The molecule has 0 bridgehead atoms. The monoisotopic (exact) mass is 184 g/mol. The Bertz CT molecular complexity index is 194. The standard InChI is InChI=1S/C10H16O3/c1-9(11)7-5-3-2-4-6-8-10(12)13/h2-3H,4-8H2,1H3,(H,12,13). The fraction of sp³-hybridized carbons (Fsp3) is 0.600. The van der Waals surface area contributed by atoms with Crippen LogP contribution < -0.4 is 0 Å². The summed E-state index contributed by atoms with van der Waals surface area (Å²) >= 11 is 0. The molecule has 0 amide bonds. The smallest absolute Gasteiger partial charge is 0.303 e. The minimum atomic E-state index is -0.753. The van der Waals surface area contributed by atoms with Crippen LogP contribution in [-0.4, -0.2) is 16.9 Å². The summed E-state index contributed by atoms with van der Waals surface area (Å²) in [5, 5.41) is 8.32. The Hall–Kier alpha value is -1.12. The molecule has 0 spiro atoms. The molecule has 0 saturated heterocycles. The number of aliphatic carboxylic acids is 1. The molecular weight excluding hydrogens is 168 g/mol. The number of carboxylic acid groups (broad SMARTS) is 1. The van der Waals surface area contributed by atoms with Crippen LogP contribution >= 0.6 is 0 Å². The molecule has 0 unspecified atom stereocenters. The van der Waals surface area contributed by atoms with Crippen molar-refractivity contribution in [3.8, 4) is 0 Å². The average Bonchev–Trinajstić information content (AvgIpc) is 2.01. The molecule has 0 radical (unpaired) electrons. The van der Waals surface area contributed by atoms with Gasteiger partial charge in [-0.3, -0.25) is 4.79 Å². The summed E-state index contributed by atoms with van der Waals surface area (Å²) < 4.78 is 0. The van der Waals surface area contributed by atoms with E-state index in [2.05, 4.69) is 0 Å². The maximum atomic E-state index is 10.5. The van der Waals surface area contributed by atoms with Gasteiger partial charge in [0.25, 0.3) is 0 Å². The van der Waals surface area contributed by atoms with Crippen LogP contribution in [0.1, 0.15) is 39.0 Å². The molecule has 0 rings (SSSR count). The number of Topliss-reactive ketones (excluding diaryl/α,β-unsaturated/α-hetero) is 1. The number of carbonyl (C=O) groups excluding carboxylic acids is 1. The van der Waals surface area contributed by atoms with Crippen LogP contribution in [0.3, 0.4) is 0 Å². The Morgan fingerprint density at radius 3 is 2.31 bits per heavy atom. The van der Waals surface area contributed by atoms with E-state index < -0.39 is 5.97 Å². The summed E-state index contributed by atoms with van der Waals surface area (Å²) in [4.78, 5) is 20.6. The number of carbonyl (C=O) groups is 2. The first-order valence-electron chi connectivity index (χ1n) is 4.49. The van der Waals surface area contributed by atoms with Crippen molar-refractivity contribution < 1.29 is 14.7 Å². The average molecular weight is 184 g/mol. The highest BCUT2D eigenvalue weighted by Crippen LogP contribution is 1.99. The lowest BCUT2D eigenvalue weighted by molar-refractivity contribution is -0.137. The molecule has 0 atom stereocenters. The van der Waals surface area contributed by atoms with E-state index in [1.54, 1.807) is 6.92 Å². The highest BCUT2D eigenvalue weighted by Gasteiger charge is 1.93. The third-order valence-electron chi connectivity index (χ3n) is 1.59. The van der Waals surface area contributed by atoms with Crippen molar-refractivity contribution in [1.82, 2.24) is 0 Å². The summed E-state index contributed by atoms with van der Waals surface area (Å²) in [5.41, 5.74) is 0. The number of unbranched alkanes of at least 4 members (excludes halogenated alkanes) is 1. The molecule has 0 aromatic rings. The molecule has 1 N–H and O–H groups in total. The maximum absolute atomic E-state index is 10.5. The van der Waals surface area contributed by atoms with Gasteiger partial charge in [0.2, 0.25) is 0 Å². The fourth-order valence-electron chi connectivity index (χ4n) is 0.893. The van der Waals surface area contributed by atoms with Crippen LogP contribution in [0.5, 0.6) is 0 Å². The first-order valence-corrected chi connectivity index (χ1v) is 4.49. The van der Waals surface area contributed by atoms with Crippen molar-refractivity contribution in [2.45, 2.75) is 39.0 Å². The highest BCUT2D eigenvalue weighted by molar-refractivity contribution is 5.75. The van der Waals surface area contributed by atoms with Crippen molar-refractivity contribution in [2.24, 2.45) is 0 Å². The molecule has 0 heterocycles. The quantitative estimate of drug-likeness (QED) is 0.487. The summed E-state index contributed by atoms with van der Waals surface area (Å²) in [6.45, 7) is 1.57. The zero-order chi connectivity index (χ0) is 10.1. The van der Waals surface area contributed by atoms with Gasteiger partial charge in [-0.2, -0.15) is 0 Å². The largest absolute Gasteiger partial charge is 0.481 e. The van der Waals surface area contributed by atoms with Crippen molar-refractivity contribution in [3.05, 3.63) is 12.2 Å². The number of hydrogen-bond donors (Lipinski definition) is 1. The Balaban J connectivity index is 3.22. The second kappa shape index (κ2) is 7.53. The fourth-order valence-corrected chi connectivity index (χ4v) is 0.893. The van der Waals surface area contributed by atoms with Crippen LogP contribution in [-0.2, 0) is 9.59 Å². The second-order valence-electron chi connectivity index (χ2n) is 3.00. The summed E-state index contributed by atoms with van der Waals surface area (Å²) in [7, 11) is 0. The molecule has 74 valence electrons. The van der Waals surface area contributed by atoms with Crippen LogP contribution in [0.2, 0.25) is 0 Å². The molecule has 0 saturated carbocycles. The van der Waals surface area contributed by atoms with Gasteiger partial charge >= 0.3 is 5.97 Å². The van der Waals surface area contributed by atoms with Crippen LogP contribution in [0, 0.1) is 0 Å². The number of ketones is 1. The van der Waals surface area contributed by atoms with Crippen molar-refractivity contribution in [2.75, 3.05) is 0 Å². The number of hydrogen-bond acceptors (Lipinski definition) is 2. The normalized spacial score (nSPS) is 10.5. The predicted octanol–water partition coefficient (Wildman–Crippen LogP) is 2.17. The van der Waals surface area contributed by atoms with E-state index in [0.717, 1.165) is 12.8 Å². The van der Waals surface area contributed by atoms with Crippen LogP contribution in [0.15, 0.2) is 12.2 Å². The van der Waals surface area contributed by atoms with Crippen molar-refractivity contribution in [1.29, 1.82) is 0 Å². The Morgan fingerprint density at radius 1 is 1.15 bits per heavy atom. The Morgan fingerprint density at radius 2 is 1.77 bits per heavy atom. The van der Waals surface area contributed by atoms with Gasteiger partial charge in [-0.05, 0) is 26.2 Å². The van der Waals surface area contributed by atoms with Gasteiger partial charge < -0.3 is 9.90 Å². The van der Waals surface area contributed by atoms with Crippen molar-refractivity contribution >= 4 is 11.8 Å². The van der Waals surface area contributed by atoms with Crippen molar-refractivity contribution in [3.63, 3.8) is 0 Å². The summed E-state index contributed by atoms with van der Waals surface area (Å²) in [5.74, 6) is -0.563. The molecule has 13 heavy (non-hydrogen) atoms. The van der Waals surface area contributed by atoms with E-state index in [-0.39, 0.29) is 12.2 Å². The molecule has 0 aliphatic carbocycles. The number of rotatable bonds is 7. The molecule has 0 aromatic carbocycles. The van der Waals surface area contributed by atoms with E-state index in [1.807, 2.05) is 12.2 Å². The van der Waals surface area contributed by atoms with Crippen LogP contribution in [0.25, 0.3) is 0 Å². The SMILES string of the molecule is CC(=O)CCC=CCCCC(=O)O. The van der Waals surface area contributed by atoms with Gasteiger partial charge in [-0.25, -0.2) is 0 Å². The van der Waals surface area contributed by atoms with E-state index in [0.29, 0.717) is 12.8 Å². The molecule has 0 fully saturated rings. The van der Waals surface area contributed by atoms with Gasteiger partial charge in [0.1, 0.15) is 5.78 Å². The summed E-state index contributed by atoms with van der Waals surface area (Å²) in [6, 6.07) is 0. The zero-order valence-electron chi connectivity index (χ0n) is 7.95. The summed E-state index contributed by atoms with van der Waals surface area (Å²) in [6.07, 6.45) is 6.89. The lowest BCUT2D eigenvalue weighted by Gasteiger charge is -1.91. The van der Waals surface area contributed by atoms with E-state index in [1.165, 1.54) is 0 Å². The lowest BCUT2D eigenvalue weighted by atomic mass is 10.2. The Kier molecular flexibility index (Phi) is 6.88. The van der Waals surface area contributed by atoms with Gasteiger partial charge in [-0.1, -0.05) is 12.2 Å². The van der Waals surface area contributed by atoms with Gasteiger partial charge in [-0.15, -0.1) is 0 Å². The first kappa shape index (κ1) is 11.9. The lowest BCUT2D eigenvalue weighted by Crippen LogP contribution is -1.92. The number of allylic oxidation sites excluding steroid dienone is 2. The second-order valence-corrected chi connectivity index (χ2v) is 3.00. The first-order chi connectivity index (χ1) is 6.13. The van der Waals surface area contributed by atoms with Gasteiger partial charge in [0.05, 0.1) is 0 Å². The minimum absolute atomic E-state index is 0.190. The molecule has 0 aliphatic heterocycles. The van der Waals surface area contributed by atoms with E-state index >= 15 is 0 Å². The Labute approximate surface area is 78.5 Å². The zero-order valence-corrected chi connectivity index (χ0v) is 7.95. The minimum Gasteiger partial charge on any atom is -0.481 e. The third kappa shape index (κ3) is 10.9. The van der Waals surface area contributed by atoms with Gasteiger partial charge in [0.15, 0.2) is 0 Å². The highest BCUT2D eigenvalue weighted by atomic mass is 16.4. The number of carboxylic acids is 1. The molecule has 0 aliphatic rings. The molecular formula is C10H16O3. The van der Waals surface area contributed by atoms with Gasteiger partial charge in [0, 0.05) is 12.8 Å². The maximum Gasteiger partial charge on any atom is 0.303 e. The topological polar surface area (TPSA) is 54.4 Å². The molecule has 3 nitrogen and oxygen atoms in total. The van der Waals surface area contributed by atoms with Crippen LogP contribution in [0.4, 0.5) is 0 Å². The molecule has 0 aromatic heterocycles.